The number of nitrogens with zero attached hydrogens (tertiary/aromatic N) is 1. The van der Waals surface area contributed by atoms with Crippen LogP contribution < -0.4 is 5.32 Å². The second-order valence-corrected chi connectivity index (χ2v) is 4.56. The first kappa shape index (κ1) is 23.6. The van der Waals surface area contributed by atoms with Crippen LogP contribution in [0, 0.1) is 13.8 Å². The van der Waals surface area contributed by atoms with E-state index in [1.807, 2.05) is 27.7 Å². The predicted molar refractivity (Wildman–Crippen MR) is 98.5 cm³/mol. The molecule has 1 aromatic rings. The molecule has 0 aliphatic heterocycles. The van der Waals surface area contributed by atoms with E-state index in [9.17, 15) is 9.59 Å². The molecule has 134 valence electrons. The van der Waals surface area contributed by atoms with Crippen LogP contribution >= 0.6 is 0 Å². The third kappa shape index (κ3) is 7.46. The maximum Gasteiger partial charge on any atom is 0.253 e. The molecule has 1 amide bonds. The molecule has 0 fully saturated rings. The van der Waals surface area contributed by atoms with Gasteiger partial charge in [-0.1, -0.05) is 41.5 Å². The lowest BCUT2D eigenvalue weighted by atomic mass is 10.1. The minimum atomic E-state index is -0.119. The summed E-state index contributed by atoms with van der Waals surface area (Å²) in [6, 6.07) is 0. The molecule has 5 heteroatoms. The topological polar surface area (TPSA) is 65.2 Å². The van der Waals surface area contributed by atoms with Gasteiger partial charge in [-0.05, 0) is 32.5 Å². The predicted octanol–water partition coefficient (Wildman–Crippen LogP) is 3.57. The Hall–Kier alpha value is -1.62. The molecule has 0 atom stereocenters. The number of nitrogens with one attached hydrogen (secondary N) is 2. The van der Waals surface area contributed by atoms with Crippen molar-refractivity contribution in [2.75, 3.05) is 26.2 Å². The Morgan fingerprint density at radius 1 is 1.13 bits per heavy atom. The number of carbonyl (C=O) groups excluding carboxylic acids is 2. The molecular formula is C18H35N3O2. The SMILES string of the molecule is CC.CC.CCN(CC)CCNC(=O)c1c(C)[nH]c(C=O)c1C. The zero-order valence-corrected chi connectivity index (χ0v) is 16.2. The standard InChI is InChI=1S/C14H23N3O2.2C2H6/c1-5-17(6-2)8-7-15-14(19)13-10(3)12(9-18)16-11(13)4;2*1-2/h9,16H,5-8H2,1-4H3,(H,15,19);2*1-2H3. The molecule has 1 aromatic heterocycles. The summed E-state index contributed by atoms with van der Waals surface area (Å²) >= 11 is 0. The van der Waals surface area contributed by atoms with Crippen LogP contribution in [0.5, 0.6) is 0 Å². The van der Waals surface area contributed by atoms with Gasteiger partial charge in [0.1, 0.15) is 0 Å². The molecule has 1 heterocycles. The second-order valence-electron chi connectivity index (χ2n) is 4.56. The molecule has 2 N–H and O–H groups in total. The molecule has 0 saturated heterocycles. The first-order valence-corrected chi connectivity index (χ1v) is 8.69. The molecule has 0 unspecified atom stereocenters. The molecule has 23 heavy (non-hydrogen) atoms. The Balaban J connectivity index is 0. The van der Waals surface area contributed by atoms with Crippen molar-refractivity contribution in [3.05, 3.63) is 22.5 Å². The number of aromatic amines is 1. The molecule has 0 radical (unpaired) electrons. The summed E-state index contributed by atoms with van der Waals surface area (Å²) in [6.45, 7) is 19.2. The number of aldehydes is 1. The van der Waals surface area contributed by atoms with Gasteiger partial charge in [-0.2, -0.15) is 0 Å². The van der Waals surface area contributed by atoms with Gasteiger partial charge in [0.2, 0.25) is 0 Å². The summed E-state index contributed by atoms with van der Waals surface area (Å²) in [6.07, 6.45) is 0.745. The number of hydrogen-bond donors (Lipinski definition) is 2. The largest absolute Gasteiger partial charge is 0.356 e. The Labute approximate surface area is 141 Å². The smallest absolute Gasteiger partial charge is 0.253 e. The fourth-order valence-electron chi connectivity index (χ4n) is 2.19. The van der Waals surface area contributed by atoms with Gasteiger partial charge < -0.3 is 15.2 Å². The number of amides is 1. The summed E-state index contributed by atoms with van der Waals surface area (Å²) in [4.78, 5) is 28.1. The van der Waals surface area contributed by atoms with E-state index in [0.29, 0.717) is 23.4 Å². The Morgan fingerprint density at radius 2 is 1.65 bits per heavy atom. The highest BCUT2D eigenvalue weighted by molar-refractivity contribution is 5.99. The van der Waals surface area contributed by atoms with Crippen LogP contribution in [0.2, 0.25) is 0 Å². The number of carbonyl (C=O) groups is 2. The van der Waals surface area contributed by atoms with E-state index in [1.54, 1.807) is 13.8 Å². The van der Waals surface area contributed by atoms with Crippen LogP contribution in [-0.4, -0.2) is 48.3 Å². The van der Waals surface area contributed by atoms with Crippen molar-refractivity contribution in [2.24, 2.45) is 0 Å². The van der Waals surface area contributed by atoms with Gasteiger partial charge in [-0.3, -0.25) is 9.59 Å². The molecule has 1 rings (SSSR count). The van der Waals surface area contributed by atoms with Crippen molar-refractivity contribution in [3.63, 3.8) is 0 Å². The van der Waals surface area contributed by atoms with E-state index in [-0.39, 0.29) is 5.91 Å². The molecule has 0 spiro atoms. The number of aromatic nitrogens is 1. The number of aryl methyl sites for hydroxylation is 1. The van der Waals surface area contributed by atoms with Crippen molar-refractivity contribution in [3.8, 4) is 0 Å². The van der Waals surface area contributed by atoms with Crippen LogP contribution in [0.3, 0.4) is 0 Å². The van der Waals surface area contributed by atoms with Gasteiger partial charge in [-0.25, -0.2) is 0 Å². The first-order valence-electron chi connectivity index (χ1n) is 8.69. The Kier molecular flexibility index (Phi) is 14.4. The van der Waals surface area contributed by atoms with Crippen LogP contribution in [0.1, 0.15) is 73.6 Å². The quantitative estimate of drug-likeness (QED) is 0.753. The number of rotatable bonds is 7. The lowest BCUT2D eigenvalue weighted by Crippen LogP contribution is -2.35. The van der Waals surface area contributed by atoms with E-state index in [1.165, 1.54) is 0 Å². The third-order valence-corrected chi connectivity index (χ3v) is 3.43. The normalized spacial score (nSPS) is 9.43. The fourth-order valence-corrected chi connectivity index (χ4v) is 2.19. The van der Waals surface area contributed by atoms with E-state index in [4.69, 9.17) is 0 Å². The summed E-state index contributed by atoms with van der Waals surface area (Å²) < 4.78 is 0. The molecule has 0 bridgehead atoms. The van der Waals surface area contributed by atoms with Gasteiger partial charge in [0.05, 0.1) is 11.3 Å². The van der Waals surface area contributed by atoms with Crippen molar-refractivity contribution in [1.82, 2.24) is 15.2 Å². The first-order chi connectivity index (χ1) is 11.0. The van der Waals surface area contributed by atoms with Gasteiger partial charge in [0, 0.05) is 18.8 Å². The third-order valence-electron chi connectivity index (χ3n) is 3.43. The molecule has 0 aromatic carbocycles. The van der Waals surface area contributed by atoms with Gasteiger partial charge in [0.15, 0.2) is 6.29 Å². The van der Waals surface area contributed by atoms with E-state index in [0.717, 1.165) is 31.6 Å². The number of likely N-dealkylation sites (N-methyl/N-ethyl adjacent to an activating group) is 1. The van der Waals surface area contributed by atoms with Crippen molar-refractivity contribution >= 4 is 12.2 Å². The second kappa shape index (κ2) is 14.0. The summed E-state index contributed by atoms with van der Waals surface area (Å²) in [7, 11) is 0. The highest BCUT2D eigenvalue weighted by Gasteiger charge is 2.17. The zero-order valence-electron chi connectivity index (χ0n) is 16.2. The van der Waals surface area contributed by atoms with Gasteiger partial charge in [-0.15, -0.1) is 0 Å². The summed E-state index contributed by atoms with van der Waals surface area (Å²) in [5, 5.41) is 2.90. The minimum Gasteiger partial charge on any atom is -0.356 e. The Bertz CT molecular complexity index is 449. The summed E-state index contributed by atoms with van der Waals surface area (Å²) in [5.74, 6) is -0.119. The summed E-state index contributed by atoms with van der Waals surface area (Å²) in [5.41, 5.74) is 2.51. The van der Waals surface area contributed by atoms with Crippen molar-refractivity contribution in [2.45, 2.75) is 55.4 Å². The number of H-pyrrole nitrogens is 1. The molecule has 0 aliphatic rings. The monoisotopic (exact) mass is 325 g/mol. The zero-order chi connectivity index (χ0) is 18.4. The van der Waals surface area contributed by atoms with E-state index in [2.05, 4.69) is 29.0 Å². The lowest BCUT2D eigenvalue weighted by Gasteiger charge is -2.18. The Morgan fingerprint density at radius 3 is 2.04 bits per heavy atom. The van der Waals surface area contributed by atoms with Gasteiger partial charge >= 0.3 is 0 Å². The van der Waals surface area contributed by atoms with Crippen LogP contribution in [-0.2, 0) is 0 Å². The average molecular weight is 325 g/mol. The molecule has 0 saturated carbocycles. The maximum atomic E-state index is 12.1. The maximum absolute atomic E-state index is 12.1. The lowest BCUT2D eigenvalue weighted by molar-refractivity contribution is 0.0948. The van der Waals surface area contributed by atoms with Crippen LogP contribution in [0.15, 0.2) is 0 Å². The van der Waals surface area contributed by atoms with Crippen LogP contribution in [0.4, 0.5) is 0 Å². The highest BCUT2D eigenvalue weighted by Crippen LogP contribution is 2.16. The number of hydrogen-bond acceptors (Lipinski definition) is 3. The fraction of sp³-hybridized carbons (Fsp3) is 0.667. The molecular weight excluding hydrogens is 290 g/mol. The average Bonchev–Trinajstić information content (AvgIpc) is 2.89. The molecule has 5 nitrogen and oxygen atoms in total. The molecule has 0 aliphatic carbocycles. The van der Waals surface area contributed by atoms with Crippen molar-refractivity contribution < 1.29 is 9.59 Å². The van der Waals surface area contributed by atoms with Crippen LogP contribution in [0.25, 0.3) is 0 Å². The van der Waals surface area contributed by atoms with Crippen molar-refractivity contribution in [1.29, 1.82) is 0 Å². The minimum absolute atomic E-state index is 0.119. The van der Waals surface area contributed by atoms with Gasteiger partial charge in [0.25, 0.3) is 5.91 Å². The van der Waals surface area contributed by atoms with E-state index >= 15 is 0 Å². The van der Waals surface area contributed by atoms with E-state index < -0.39 is 0 Å². The highest BCUT2D eigenvalue weighted by atomic mass is 16.1.